The van der Waals surface area contributed by atoms with Gasteiger partial charge in [-0.05, 0) is 0 Å². The van der Waals surface area contributed by atoms with Crippen molar-refractivity contribution >= 4 is 0 Å². The maximum absolute atomic E-state index is 13.7. The highest BCUT2D eigenvalue weighted by molar-refractivity contribution is 5.37. The van der Waals surface area contributed by atoms with Crippen LogP contribution in [0.2, 0.25) is 0 Å². The van der Waals surface area contributed by atoms with E-state index in [1.165, 1.54) is 10.9 Å². The van der Waals surface area contributed by atoms with Crippen LogP contribution in [0.15, 0.2) is 24.7 Å². The third-order valence-corrected chi connectivity index (χ3v) is 3.10. The van der Waals surface area contributed by atoms with Crippen molar-refractivity contribution in [2.24, 2.45) is 0 Å². The van der Waals surface area contributed by atoms with Crippen LogP contribution >= 0.6 is 0 Å². The summed E-state index contributed by atoms with van der Waals surface area (Å²) >= 11 is 0. The van der Waals surface area contributed by atoms with Crippen LogP contribution in [0.25, 0.3) is 5.69 Å². The Balaban J connectivity index is 2.12. The summed E-state index contributed by atoms with van der Waals surface area (Å²) in [5.41, 5.74) is 0.601. The monoisotopic (exact) mass is 253 g/mol. The van der Waals surface area contributed by atoms with Crippen LogP contribution in [0.1, 0.15) is 11.6 Å². The van der Waals surface area contributed by atoms with E-state index in [2.05, 4.69) is 10.3 Å². The molecule has 1 N–H and O–H groups in total. The second kappa shape index (κ2) is 4.13. The maximum atomic E-state index is 13.7. The van der Waals surface area contributed by atoms with E-state index in [0.29, 0.717) is 6.07 Å². The van der Waals surface area contributed by atoms with E-state index in [1.807, 2.05) is 0 Å². The van der Waals surface area contributed by atoms with Gasteiger partial charge in [-0.3, -0.25) is 4.57 Å². The van der Waals surface area contributed by atoms with E-state index >= 15 is 0 Å². The normalized spacial score (nSPS) is 15.7. The molecule has 1 saturated heterocycles. The molecule has 0 saturated carbocycles. The van der Waals surface area contributed by atoms with Crippen LogP contribution in [0.4, 0.5) is 13.2 Å². The van der Waals surface area contributed by atoms with E-state index in [4.69, 9.17) is 0 Å². The molecule has 6 heteroatoms. The molecule has 1 aliphatic rings. The topological polar surface area (TPSA) is 29.9 Å². The van der Waals surface area contributed by atoms with Gasteiger partial charge in [-0.1, -0.05) is 0 Å². The van der Waals surface area contributed by atoms with E-state index < -0.39 is 17.5 Å². The number of nitrogens with zero attached hydrogens (tertiary/aromatic N) is 2. The van der Waals surface area contributed by atoms with Crippen molar-refractivity contribution in [2.45, 2.75) is 5.92 Å². The number of hydrogen-bond donors (Lipinski definition) is 1. The lowest BCUT2D eigenvalue weighted by Gasteiger charge is -2.27. The average molecular weight is 253 g/mol. The van der Waals surface area contributed by atoms with Gasteiger partial charge >= 0.3 is 0 Å². The first-order valence-electron chi connectivity index (χ1n) is 5.54. The van der Waals surface area contributed by atoms with E-state index in [-0.39, 0.29) is 11.6 Å². The molecular formula is C12H10F3N3. The molecular weight excluding hydrogens is 243 g/mol. The van der Waals surface area contributed by atoms with Crippen LogP contribution in [0.5, 0.6) is 0 Å². The molecule has 1 aromatic carbocycles. The highest BCUT2D eigenvalue weighted by Gasteiger charge is 2.24. The van der Waals surface area contributed by atoms with Gasteiger partial charge < -0.3 is 5.32 Å². The molecule has 0 radical (unpaired) electrons. The molecule has 0 aliphatic carbocycles. The average Bonchev–Trinajstić information content (AvgIpc) is 2.69. The highest BCUT2D eigenvalue weighted by Crippen LogP contribution is 2.25. The van der Waals surface area contributed by atoms with Gasteiger partial charge in [0.25, 0.3) is 0 Å². The van der Waals surface area contributed by atoms with Gasteiger partial charge in [0.2, 0.25) is 0 Å². The molecule has 0 spiro atoms. The number of rotatable bonds is 2. The van der Waals surface area contributed by atoms with Crippen molar-refractivity contribution < 1.29 is 13.2 Å². The predicted octanol–water partition coefficient (Wildman–Crippen LogP) is 1.98. The summed E-state index contributed by atoms with van der Waals surface area (Å²) in [7, 11) is 0. The van der Waals surface area contributed by atoms with Crippen molar-refractivity contribution in [3.8, 4) is 5.69 Å². The Morgan fingerprint density at radius 2 is 2.00 bits per heavy atom. The van der Waals surface area contributed by atoms with Crippen LogP contribution in [-0.4, -0.2) is 22.6 Å². The Hall–Kier alpha value is -1.82. The van der Waals surface area contributed by atoms with Crippen LogP contribution in [-0.2, 0) is 0 Å². The first-order valence-corrected chi connectivity index (χ1v) is 5.54. The molecule has 1 aliphatic heterocycles. The van der Waals surface area contributed by atoms with Crippen molar-refractivity contribution in [3.63, 3.8) is 0 Å². The second-order valence-corrected chi connectivity index (χ2v) is 4.26. The fourth-order valence-electron chi connectivity index (χ4n) is 2.02. The largest absolute Gasteiger partial charge is 0.315 e. The number of benzene rings is 1. The number of halogens is 3. The zero-order valence-corrected chi connectivity index (χ0v) is 9.33. The molecule has 0 amide bonds. The summed E-state index contributed by atoms with van der Waals surface area (Å²) in [5.74, 6) is -2.88. The second-order valence-electron chi connectivity index (χ2n) is 4.26. The fourth-order valence-corrected chi connectivity index (χ4v) is 2.02. The first kappa shape index (κ1) is 11.3. The van der Waals surface area contributed by atoms with Crippen molar-refractivity contribution in [2.75, 3.05) is 13.1 Å². The summed E-state index contributed by atoms with van der Waals surface area (Å²) in [6.07, 6.45) is 2.96. The van der Waals surface area contributed by atoms with Gasteiger partial charge in [0.15, 0.2) is 11.6 Å². The molecule has 2 aromatic rings. The lowest BCUT2D eigenvalue weighted by molar-refractivity contribution is 0.432. The molecule has 2 heterocycles. The van der Waals surface area contributed by atoms with Crippen molar-refractivity contribution in [1.82, 2.24) is 14.9 Å². The van der Waals surface area contributed by atoms with Gasteiger partial charge in [-0.15, -0.1) is 0 Å². The third kappa shape index (κ3) is 1.69. The zero-order chi connectivity index (χ0) is 12.7. The molecule has 3 nitrogen and oxygen atoms in total. The Bertz CT molecular complexity index is 590. The number of hydrogen-bond acceptors (Lipinski definition) is 2. The van der Waals surface area contributed by atoms with Crippen LogP contribution in [0.3, 0.4) is 0 Å². The molecule has 1 fully saturated rings. The first-order chi connectivity index (χ1) is 8.66. The summed E-state index contributed by atoms with van der Waals surface area (Å²) < 4.78 is 41.5. The zero-order valence-electron chi connectivity index (χ0n) is 9.33. The lowest BCUT2D eigenvalue weighted by atomic mass is 10.00. The van der Waals surface area contributed by atoms with Crippen molar-refractivity contribution in [3.05, 3.63) is 47.8 Å². The molecule has 3 rings (SSSR count). The summed E-state index contributed by atoms with van der Waals surface area (Å²) in [6, 6.07) is 1.50. The minimum atomic E-state index is -1.20. The standard InChI is InChI=1S/C12H10F3N3/c13-8-1-9(14)12(15)10(2-8)18-6-17-5-11(18)7-3-16-4-7/h1-2,5-7,16H,3-4H2. The van der Waals surface area contributed by atoms with Gasteiger partial charge in [-0.25, -0.2) is 18.2 Å². The maximum Gasteiger partial charge on any atom is 0.183 e. The Labute approximate surface area is 101 Å². The Morgan fingerprint density at radius 1 is 1.22 bits per heavy atom. The van der Waals surface area contributed by atoms with Gasteiger partial charge in [0, 0.05) is 43.0 Å². The fraction of sp³-hybridized carbons (Fsp3) is 0.250. The molecule has 18 heavy (non-hydrogen) atoms. The summed E-state index contributed by atoms with van der Waals surface area (Å²) in [4.78, 5) is 3.93. The Kier molecular flexibility index (Phi) is 2.59. The number of aromatic nitrogens is 2. The molecule has 94 valence electrons. The number of imidazole rings is 1. The molecule has 1 aromatic heterocycles. The molecule has 0 atom stereocenters. The minimum Gasteiger partial charge on any atom is -0.315 e. The smallest absolute Gasteiger partial charge is 0.183 e. The van der Waals surface area contributed by atoms with E-state index in [9.17, 15) is 13.2 Å². The minimum absolute atomic E-state index is 0.146. The summed E-state index contributed by atoms with van der Waals surface area (Å²) in [5, 5.41) is 3.08. The van der Waals surface area contributed by atoms with E-state index in [0.717, 1.165) is 24.8 Å². The number of nitrogens with one attached hydrogen (secondary N) is 1. The van der Waals surface area contributed by atoms with Crippen LogP contribution in [0, 0.1) is 17.5 Å². The third-order valence-electron chi connectivity index (χ3n) is 3.10. The quantitative estimate of drug-likeness (QED) is 0.829. The van der Waals surface area contributed by atoms with Gasteiger partial charge in [0.05, 0.1) is 12.0 Å². The summed E-state index contributed by atoms with van der Waals surface area (Å²) in [6.45, 7) is 1.51. The molecule has 0 unspecified atom stereocenters. The molecule has 0 bridgehead atoms. The van der Waals surface area contributed by atoms with E-state index in [1.54, 1.807) is 6.20 Å². The Morgan fingerprint density at radius 3 is 2.67 bits per heavy atom. The highest BCUT2D eigenvalue weighted by atomic mass is 19.2. The SMILES string of the molecule is Fc1cc(F)c(F)c(-n2cncc2C2CNC2)c1. The van der Waals surface area contributed by atoms with Gasteiger partial charge in [0.1, 0.15) is 5.82 Å². The van der Waals surface area contributed by atoms with Crippen molar-refractivity contribution in [1.29, 1.82) is 0 Å². The van der Waals surface area contributed by atoms with Crippen LogP contribution < -0.4 is 5.32 Å². The van der Waals surface area contributed by atoms with Gasteiger partial charge in [-0.2, -0.15) is 0 Å². The lowest BCUT2D eigenvalue weighted by Crippen LogP contribution is -2.40. The predicted molar refractivity (Wildman–Crippen MR) is 59.0 cm³/mol.